The Kier molecular flexibility index (Phi) is 4.62. The van der Waals surface area contributed by atoms with E-state index >= 15 is 0 Å². The Labute approximate surface area is 119 Å². The molecule has 5 nitrogen and oxygen atoms in total. The first kappa shape index (κ1) is 14.8. The Balaban J connectivity index is 2.20. The number of hydrogen-bond donors (Lipinski definition) is 1. The Hall–Kier alpha value is -1.59. The number of benzene rings is 1. The van der Waals surface area contributed by atoms with Gasteiger partial charge in [0.05, 0.1) is 12.3 Å². The predicted molar refractivity (Wildman–Crippen MR) is 78.0 cm³/mol. The van der Waals surface area contributed by atoms with Crippen LogP contribution in [0.4, 0.5) is 5.69 Å². The number of hydrogen-bond acceptors (Lipinski definition) is 4. The van der Waals surface area contributed by atoms with Crippen LogP contribution in [-0.2, 0) is 11.4 Å². The third-order valence-electron chi connectivity index (χ3n) is 3.40. The van der Waals surface area contributed by atoms with Crippen LogP contribution in [0.1, 0.15) is 18.9 Å². The van der Waals surface area contributed by atoms with Crippen molar-refractivity contribution in [2.45, 2.75) is 26.1 Å². The number of nitrogens with zero attached hydrogens (tertiary/aromatic N) is 2. The van der Waals surface area contributed by atoms with Gasteiger partial charge in [0.2, 0.25) is 0 Å². The molecule has 0 fully saturated rings. The van der Waals surface area contributed by atoms with Gasteiger partial charge < -0.3 is 19.6 Å². The molecule has 5 heteroatoms. The van der Waals surface area contributed by atoms with Gasteiger partial charge in [-0.3, -0.25) is 4.79 Å². The summed E-state index contributed by atoms with van der Waals surface area (Å²) in [5.41, 5.74) is 1.59. The zero-order valence-corrected chi connectivity index (χ0v) is 12.3. The second-order valence-corrected chi connectivity index (χ2v) is 5.37. The molecule has 1 N–H and O–H groups in total. The fraction of sp³-hybridized carbons (Fsp3) is 0.533. The summed E-state index contributed by atoms with van der Waals surface area (Å²) in [4.78, 5) is 16.1. The van der Waals surface area contributed by atoms with E-state index in [4.69, 9.17) is 4.74 Å². The van der Waals surface area contributed by atoms with Crippen molar-refractivity contribution in [2.75, 3.05) is 32.1 Å². The zero-order valence-electron chi connectivity index (χ0n) is 12.3. The Morgan fingerprint density at radius 1 is 1.40 bits per heavy atom. The minimum absolute atomic E-state index is 0.00648. The number of carbonyl (C=O) groups is 1. The highest BCUT2D eigenvalue weighted by molar-refractivity contribution is 5.99. The third kappa shape index (κ3) is 3.11. The van der Waals surface area contributed by atoms with E-state index in [-0.39, 0.29) is 12.5 Å². The second kappa shape index (κ2) is 6.24. The average Bonchev–Trinajstić information content (AvgIpc) is 2.42. The summed E-state index contributed by atoms with van der Waals surface area (Å²) >= 11 is 0. The molecule has 0 bridgehead atoms. The molecule has 1 unspecified atom stereocenters. The summed E-state index contributed by atoms with van der Waals surface area (Å²) in [7, 11) is 4.04. The molecule has 1 atom stereocenters. The Morgan fingerprint density at radius 3 is 2.80 bits per heavy atom. The monoisotopic (exact) mass is 278 g/mol. The molecule has 0 saturated carbocycles. The van der Waals surface area contributed by atoms with E-state index in [1.807, 2.05) is 26.2 Å². The first-order valence-electron chi connectivity index (χ1n) is 6.89. The number of aliphatic hydroxyl groups is 1. The lowest BCUT2D eigenvalue weighted by Crippen LogP contribution is -2.45. The highest BCUT2D eigenvalue weighted by Crippen LogP contribution is 2.35. The van der Waals surface area contributed by atoms with Gasteiger partial charge in [-0.1, -0.05) is 6.07 Å². The molecule has 1 aliphatic rings. The van der Waals surface area contributed by atoms with Crippen molar-refractivity contribution in [3.8, 4) is 5.75 Å². The number of anilines is 1. The van der Waals surface area contributed by atoms with Crippen molar-refractivity contribution < 1.29 is 14.6 Å². The Morgan fingerprint density at radius 2 is 2.15 bits per heavy atom. The smallest absolute Gasteiger partial charge is 0.267 e. The maximum Gasteiger partial charge on any atom is 0.267 e. The normalized spacial score (nSPS) is 18.1. The summed E-state index contributed by atoms with van der Waals surface area (Å²) in [5, 5.41) is 9.18. The van der Waals surface area contributed by atoms with E-state index in [0.29, 0.717) is 12.3 Å². The number of rotatable bonds is 5. The minimum atomic E-state index is -0.476. The number of aliphatic hydroxyl groups excluding tert-OH is 1. The van der Waals surface area contributed by atoms with Gasteiger partial charge in [0, 0.05) is 6.54 Å². The lowest BCUT2D eigenvalue weighted by Gasteiger charge is -2.33. The number of amides is 1. The average molecular weight is 278 g/mol. The number of fused-ring (bicyclic) bond motifs is 1. The molecule has 2 rings (SSSR count). The molecule has 0 radical (unpaired) electrons. The van der Waals surface area contributed by atoms with Crippen LogP contribution < -0.4 is 9.64 Å². The molecular weight excluding hydrogens is 256 g/mol. The van der Waals surface area contributed by atoms with Crippen LogP contribution in [0, 0.1) is 0 Å². The van der Waals surface area contributed by atoms with Crippen LogP contribution >= 0.6 is 0 Å². The van der Waals surface area contributed by atoms with Gasteiger partial charge in [-0.25, -0.2) is 0 Å². The molecule has 0 aromatic heterocycles. The summed E-state index contributed by atoms with van der Waals surface area (Å²) in [6.07, 6.45) is 0.433. The van der Waals surface area contributed by atoms with Gasteiger partial charge in [0.15, 0.2) is 6.10 Å². The van der Waals surface area contributed by atoms with E-state index < -0.39 is 6.10 Å². The van der Waals surface area contributed by atoms with Crippen LogP contribution in [0.3, 0.4) is 0 Å². The minimum Gasteiger partial charge on any atom is -0.479 e. The number of carbonyl (C=O) groups excluding carboxylic acids is 1. The first-order chi connectivity index (χ1) is 9.52. The van der Waals surface area contributed by atoms with Crippen molar-refractivity contribution in [2.24, 2.45) is 0 Å². The fourth-order valence-corrected chi connectivity index (χ4v) is 2.33. The highest BCUT2D eigenvalue weighted by Gasteiger charge is 2.31. The van der Waals surface area contributed by atoms with E-state index in [2.05, 4.69) is 4.90 Å². The van der Waals surface area contributed by atoms with Gasteiger partial charge in [-0.05, 0) is 51.7 Å². The maximum absolute atomic E-state index is 12.3. The highest BCUT2D eigenvalue weighted by atomic mass is 16.5. The number of ether oxygens (including phenoxy) is 1. The quantitative estimate of drug-likeness (QED) is 0.880. The maximum atomic E-state index is 12.3. The molecule has 0 spiro atoms. The van der Waals surface area contributed by atoms with Crippen LogP contribution in [-0.4, -0.2) is 49.2 Å². The van der Waals surface area contributed by atoms with Gasteiger partial charge in [-0.2, -0.15) is 0 Å². The molecular formula is C15H22N2O3. The van der Waals surface area contributed by atoms with Crippen molar-refractivity contribution in [3.05, 3.63) is 23.8 Å². The molecule has 0 saturated heterocycles. The molecule has 20 heavy (non-hydrogen) atoms. The molecule has 0 aliphatic carbocycles. The van der Waals surface area contributed by atoms with Crippen molar-refractivity contribution in [1.82, 2.24) is 4.90 Å². The van der Waals surface area contributed by atoms with Crippen LogP contribution in [0.2, 0.25) is 0 Å². The largest absolute Gasteiger partial charge is 0.479 e. The lowest BCUT2D eigenvalue weighted by atomic mass is 10.1. The topological polar surface area (TPSA) is 53.0 Å². The van der Waals surface area contributed by atoms with Crippen molar-refractivity contribution >= 4 is 11.6 Å². The van der Waals surface area contributed by atoms with Gasteiger partial charge in [0.1, 0.15) is 5.75 Å². The van der Waals surface area contributed by atoms with Crippen molar-refractivity contribution in [3.63, 3.8) is 0 Å². The standard InChI is InChI=1S/C15H22N2O3/c1-11-15(19)17(8-4-7-16(2)3)13-6-5-12(10-18)9-14(13)20-11/h5-6,9,11,18H,4,7-8,10H2,1-3H3. The molecule has 1 heterocycles. The SMILES string of the molecule is CC1Oc2cc(CO)ccc2N(CCCN(C)C)C1=O. The van der Waals surface area contributed by atoms with Gasteiger partial charge in [0.25, 0.3) is 5.91 Å². The molecule has 1 amide bonds. The summed E-state index contributed by atoms with van der Waals surface area (Å²) in [5.74, 6) is 0.668. The van der Waals surface area contributed by atoms with Crippen LogP contribution in [0.15, 0.2) is 18.2 Å². The molecule has 1 aromatic rings. The van der Waals surface area contributed by atoms with E-state index in [9.17, 15) is 9.90 Å². The molecule has 1 aliphatic heterocycles. The Bertz CT molecular complexity index is 488. The van der Waals surface area contributed by atoms with E-state index in [1.54, 1.807) is 17.9 Å². The van der Waals surface area contributed by atoms with Crippen LogP contribution in [0.5, 0.6) is 5.75 Å². The first-order valence-corrected chi connectivity index (χ1v) is 6.89. The predicted octanol–water partition coefficient (Wildman–Crippen LogP) is 1.24. The zero-order chi connectivity index (χ0) is 14.7. The van der Waals surface area contributed by atoms with E-state index in [0.717, 1.165) is 24.2 Å². The van der Waals surface area contributed by atoms with E-state index in [1.165, 1.54) is 0 Å². The summed E-state index contributed by atoms with van der Waals surface area (Å²) < 4.78 is 5.63. The fourth-order valence-electron chi connectivity index (χ4n) is 2.33. The molecule has 110 valence electrons. The third-order valence-corrected chi connectivity index (χ3v) is 3.40. The van der Waals surface area contributed by atoms with Gasteiger partial charge >= 0.3 is 0 Å². The summed E-state index contributed by atoms with van der Waals surface area (Å²) in [6, 6.07) is 5.47. The lowest BCUT2D eigenvalue weighted by molar-refractivity contribution is -0.125. The second-order valence-electron chi connectivity index (χ2n) is 5.37. The summed E-state index contributed by atoms with van der Waals surface area (Å²) in [6.45, 7) is 3.34. The van der Waals surface area contributed by atoms with Gasteiger partial charge in [-0.15, -0.1) is 0 Å². The van der Waals surface area contributed by atoms with Crippen LogP contribution in [0.25, 0.3) is 0 Å². The van der Waals surface area contributed by atoms with Crippen molar-refractivity contribution in [1.29, 1.82) is 0 Å². The molecule has 1 aromatic carbocycles.